The molecule has 8 heteroatoms. The van der Waals surface area contributed by atoms with Crippen LogP contribution in [0.15, 0.2) is 35.0 Å². The number of para-hydroxylation sites is 1. The van der Waals surface area contributed by atoms with Gasteiger partial charge in [0.05, 0.1) is 17.2 Å². The number of fused-ring (bicyclic) bond motifs is 1. The van der Waals surface area contributed by atoms with E-state index in [4.69, 9.17) is 4.42 Å². The van der Waals surface area contributed by atoms with Crippen molar-refractivity contribution in [3.8, 4) is 0 Å². The molecule has 0 aliphatic rings. The third-order valence-electron chi connectivity index (χ3n) is 2.95. The Morgan fingerprint density at radius 2 is 2.35 bits per heavy atom. The zero-order valence-corrected chi connectivity index (χ0v) is 10.5. The average molecular weight is 273 g/mol. The van der Waals surface area contributed by atoms with Crippen molar-refractivity contribution in [3.05, 3.63) is 46.3 Å². The van der Waals surface area contributed by atoms with Crippen LogP contribution < -0.4 is 5.32 Å². The molecular formula is C12H11N5O3. The molecule has 0 bridgehead atoms. The van der Waals surface area contributed by atoms with E-state index in [0.717, 1.165) is 5.56 Å². The maximum absolute atomic E-state index is 10.9. The van der Waals surface area contributed by atoms with E-state index in [9.17, 15) is 10.1 Å². The van der Waals surface area contributed by atoms with Crippen LogP contribution in [0, 0.1) is 10.1 Å². The maximum atomic E-state index is 10.9. The van der Waals surface area contributed by atoms with Gasteiger partial charge in [0.25, 0.3) is 11.7 Å². The smallest absolute Gasteiger partial charge is 0.298 e. The lowest BCUT2D eigenvalue weighted by Gasteiger charge is -2.08. The van der Waals surface area contributed by atoms with Gasteiger partial charge in [0.2, 0.25) is 0 Å². The summed E-state index contributed by atoms with van der Waals surface area (Å²) in [5.74, 6) is 0. The van der Waals surface area contributed by atoms with Gasteiger partial charge in [0, 0.05) is 17.8 Å². The zero-order valence-electron chi connectivity index (χ0n) is 10.5. The second kappa shape index (κ2) is 4.65. The number of nitro benzene ring substituents is 1. The molecule has 3 aromatic rings. The first kappa shape index (κ1) is 12.2. The topological polar surface area (TPSA) is 110 Å². The van der Waals surface area contributed by atoms with E-state index >= 15 is 0 Å². The molecule has 3 rings (SSSR count). The second-order valence-electron chi connectivity index (χ2n) is 4.30. The van der Waals surface area contributed by atoms with E-state index in [0.29, 0.717) is 5.58 Å². The van der Waals surface area contributed by atoms with Crippen molar-refractivity contribution in [1.29, 1.82) is 0 Å². The van der Waals surface area contributed by atoms with Crippen molar-refractivity contribution >= 4 is 22.8 Å². The Balaban J connectivity index is 1.93. The number of benzene rings is 1. The van der Waals surface area contributed by atoms with Crippen molar-refractivity contribution in [2.45, 2.75) is 13.0 Å². The minimum Gasteiger partial charge on any atom is -0.423 e. The minimum atomic E-state index is -0.478. The number of hydrogen-bond acceptors (Lipinski definition) is 6. The predicted molar refractivity (Wildman–Crippen MR) is 71.3 cm³/mol. The van der Waals surface area contributed by atoms with E-state index < -0.39 is 4.92 Å². The first-order valence-corrected chi connectivity index (χ1v) is 5.94. The molecule has 1 atom stereocenters. The summed E-state index contributed by atoms with van der Waals surface area (Å²) in [7, 11) is 0. The van der Waals surface area contributed by atoms with Crippen molar-refractivity contribution in [3.63, 3.8) is 0 Å². The largest absolute Gasteiger partial charge is 0.423 e. The number of nitrogens with one attached hydrogen (secondary N) is 2. The van der Waals surface area contributed by atoms with Crippen molar-refractivity contribution < 1.29 is 9.34 Å². The fourth-order valence-corrected chi connectivity index (χ4v) is 1.91. The molecule has 2 aromatic heterocycles. The van der Waals surface area contributed by atoms with Crippen molar-refractivity contribution in [2.75, 3.05) is 5.32 Å². The Kier molecular flexibility index (Phi) is 2.82. The van der Waals surface area contributed by atoms with Gasteiger partial charge in [-0.1, -0.05) is 6.07 Å². The molecule has 0 saturated heterocycles. The number of aromatic amines is 1. The monoisotopic (exact) mass is 273 g/mol. The van der Waals surface area contributed by atoms with Gasteiger partial charge < -0.3 is 9.73 Å². The Morgan fingerprint density at radius 1 is 1.50 bits per heavy atom. The number of oxazole rings is 1. The quantitative estimate of drug-likeness (QED) is 0.558. The highest BCUT2D eigenvalue weighted by Crippen LogP contribution is 2.28. The molecule has 0 saturated carbocycles. The van der Waals surface area contributed by atoms with Crippen LogP contribution in [0.5, 0.6) is 0 Å². The fraction of sp³-hybridized carbons (Fsp3) is 0.167. The summed E-state index contributed by atoms with van der Waals surface area (Å²) in [5.41, 5.74) is 1.47. The Bertz CT molecular complexity index is 750. The summed E-state index contributed by atoms with van der Waals surface area (Å²) < 4.78 is 5.47. The van der Waals surface area contributed by atoms with Crippen LogP contribution >= 0.6 is 0 Å². The van der Waals surface area contributed by atoms with Gasteiger partial charge in [-0.25, -0.2) is 0 Å². The SMILES string of the molecule is CC(Nc1nc2c([N+](=O)[O-])cccc2o1)c1cn[nH]c1. The van der Waals surface area contributed by atoms with Gasteiger partial charge in [-0.2, -0.15) is 10.1 Å². The first-order chi connectivity index (χ1) is 9.65. The molecule has 0 amide bonds. The average Bonchev–Trinajstić information content (AvgIpc) is 3.06. The van der Waals surface area contributed by atoms with Crippen LogP contribution in [0.1, 0.15) is 18.5 Å². The Labute approximate surface area is 113 Å². The second-order valence-corrected chi connectivity index (χ2v) is 4.30. The number of rotatable bonds is 4. The van der Waals surface area contributed by atoms with Crippen LogP contribution in [0.4, 0.5) is 11.7 Å². The highest BCUT2D eigenvalue weighted by atomic mass is 16.6. The van der Waals surface area contributed by atoms with Crippen LogP contribution in [-0.4, -0.2) is 20.1 Å². The molecule has 0 spiro atoms. The molecule has 8 nitrogen and oxygen atoms in total. The molecule has 0 fully saturated rings. The normalized spacial score (nSPS) is 12.4. The molecule has 1 unspecified atom stereocenters. The molecule has 2 N–H and O–H groups in total. The van der Waals surface area contributed by atoms with E-state index in [1.807, 2.05) is 6.92 Å². The van der Waals surface area contributed by atoms with Crippen LogP contribution in [0.25, 0.3) is 11.1 Å². The van der Waals surface area contributed by atoms with Gasteiger partial charge in [-0.3, -0.25) is 15.2 Å². The number of anilines is 1. The van der Waals surface area contributed by atoms with Crippen molar-refractivity contribution in [2.24, 2.45) is 0 Å². The lowest BCUT2D eigenvalue weighted by Crippen LogP contribution is -2.05. The van der Waals surface area contributed by atoms with E-state index in [-0.39, 0.29) is 23.3 Å². The number of H-pyrrole nitrogens is 1. The number of nitro groups is 1. The van der Waals surface area contributed by atoms with E-state index in [2.05, 4.69) is 20.5 Å². The molecule has 2 heterocycles. The van der Waals surface area contributed by atoms with Gasteiger partial charge in [-0.15, -0.1) is 0 Å². The molecule has 102 valence electrons. The van der Waals surface area contributed by atoms with Crippen LogP contribution in [0.2, 0.25) is 0 Å². The summed E-state index contributed by atoms with van der Waals surface area (Å²) in [6.45, 7) is 1.91. The number of aromatic nitrogens is 3. The van der Waals surface area contributed by atoms with Crippen molar-refractivity contribution in [1.82, 2.24) is 15.2 Å². The maximum Gasteiger partial charge on any atom is 0.298 e. The van der Waals surface area contributed by atoms with E-state index in [1.165, 1.54) is 6.07 Å². The summed E-state index contributed by atoms with van der Waals surface area (Å²) in [6.07, 6.45) is 3.44. The number of non-ortho nitro benzene ring substituents is 1. The zero-order chi connectivity index (χ0) is 14.1. The summed E-state index contributed by atoms with van der Waals surface area (Å²) in [4.78, 5) is 14.6. The highest BCUT2D eigenvalue weighted by Gasteiger charge is 2.18. The third kappa shape index (κ3) is 2.07. The minimum absolute atomic E-state index is 0.0738. The molecule has 20 heavy (non-hydrogen) atoms. The number of nitrogens with zero attached hydrogens (tertiary/aromatic N) is 3. The summed E-state index contributed by atoms with van der Waals surface area (Å²) in [6, 6.07) is 4.76. The summed E-state index contributed by atoms with van der Waals surface area (Å²) >= 11 is 0. The highest BCUT2D eigenvalue weighted by molar-refractivity contribution is 5.84. The van der Waals surface area contributed by atoms with Gasteiger partial charge in [-0.05, 0) is 13.0 Å². The molecule has 0 radical (unpaired) electrons. The first-order valence-electron chi connectivity index (χ1n) is 5.94. The molecular weight excluding hydrogens is 262 g/mol. The number of hydrogen-bond donors (Lipinski definition) is 2. The van der Waals surface area contributed by atoms with Crippen LogP contribution in [0.3, 0.4) is 0 Å². The standard InChI is InChI=1S/C12H11N5O3/c1-7(8-5-13-14-6-8)15-12-16-11-9(17(18)19)3-2-4-10(11)20-12/h2-7H,1H3,(H,13,14)(H,15,16). The predicted octanol–water partition coefficient (Wildman–Crippen LogP) is 2.63. The lowest BCUT2D eigenvalue weighted by molar-refractivity contribution is -0.383. The van der Waals surface area contributed by atoms with Gasteiger partial charge in [0.15, 0.2) is 11.1 Å². The van der Waals surface area contributed by atoms with Crippen LogP contribution in [-0.2, 0) is 0 Å². The fourth-order valence-electron chi connectivity index (χ4n) is 1.91. The van der Waals surface area contributed by atoms with E-state index in [1.54, 1.807) is 24.5 Å². The lowest BCUT2D eigenvalue weighted by atomic mass is 10.2. The molecule has 0 aliphatic heterocycles. The summed E-state index contributed by atoms with van der Waals surface area (Å²) in [5, 5.41) is 20.5. The Hall–Kier alpha value is -2.90. The van der Waals surface area contributed by atoms with Gasteiger partial charge in [0.1, 0.15) is 0 Å². The molecule has 0 aliphatic carbocycles. The van der Waals surface area contributed by atoms with Gasteiger partial charge >= 0.3 is 0 Å². The molecule has 1 aromatic carbocycles. The Morgan fingerprint density at radius 3 is 3.05 bits per heavy atom. The third-order valence-corrected chi connectivity index (χ3v) is 2.95.